The van der Waals surface area contributed by atoms with Crippen molar-refractivity contribution in [2.45, 2.75) is 19.4 Å². The zero-order chi connectivity index (χ0) is 27.1. The third-order valence-electron chi connectivity index (χ3n) is 7.74. The highest BCUT2D eigenvalue weighted by Crippen LogP contribution is 2.37. The second kappa shape index (κ2) is 10.8. The van der Waals surface area contributed by atoms with E-state index in [2.05, 4.69) is 9.80 Å². The van der Waals surface area contributed by atoms with Gasteiger partial charge < -0.3 is 14.4 Å². The summed E-state index contributed by atoms with van der Waals surface area (Å²) in [4.78, 5) is 19.1. The maximum Gasteiger partial charge on any atom is 0.189 e. The molecule has 202 valence electrons. The second-order valence-electron chi connectivity index (χ2n) is 10.2. The van der Waals surface area contributed by atoms with E-state index in [0.29, 0.717) is 54.5 Å². The Labute approximate surface area is 235 Å². The van der Waals surface area contributed by atoms with Crippen LogP contribution in [-0.2, 0) is 6.54 Å². The molecule has 9 heteroatoms. The first-order chi connectivity index (χ1) is 18.9. The van der Waals surface area contributed by atoms with Crippen molar-refractivity contribution in [1.29, 1.82) is 0 Å². The van der Waals surface area contributed by atoms with Crippen LogP contribution in [0, 0.1) is 11.6 Å². The molecule has 39 heavy (non-hydrogen) atoms. The van der Waals surface area contributed by atoms with Crippen LogP contribution in [0.15, 0.2) is 65.6 Å². The molecular weight excluding hydrogens is 541 g/mol. The Balaban J connectivity index is 1.34. The van der Waals surface area contributed by atoms with Crippen LogP contribution in [0.3, 0.4) is 0 Å². The summed E-state index contributed by atoms with van der Waals surface area (Å²) in [5, 5.41) is 0.976. The number of hydrogen-bond donors (Lipinski definition) is 0. The van der Waals surface area contributed by atoms with E-state index in [1.54, 1.807) is 16.8 Å². The molecule has 4 aromatic rings. The van der Waals surface area contributed by atoms with Crippen molar-refractivity contribution >= 4 is 45.5 Å². The summed E-state index contributed by atoms with van der Waals surface area (Å²) >= 11 is 12.9. The Morgan fingerprint density at radius 2 is 1.41 bits per heavy atom. The molecule has 3 heterocycles. The Morgan fingerprint density at radius 3 is 2.10 bits per heavy atom. The van der Waals surface area contributed by atoms with Crippen LogP contribution in [0.4, 0.5) is 20.2 Å². The monoisotopic (exact) mass is 568 g/mol. The number of pyridine rings is 1. The number of halogens is 4. The summed E-state index contributed by atoms with van der Waals surface area (Å²) < 4.78 is 32.3. The highest BCUT2D eigenvalue weighted by molar-refractivity contribution is 6.38. The molecule has 0 radical (unpaired) electrons. The minimum absolute atomic E-state index is 0.143. The van der Waals surface area contributed by atoms with E-state index >= 15 is 8.78 Å². The van der Waals surface area contributed by atoms with Crippen molar-refractivity contribution in [2.75, 3.05) is 49.1 Å². The average Bonchev–Trinajstić information content (AvgIpc) is 3.45. The van der Waals surface area contributed by atoms with Gasteiger partial charge in [0.25, 0.3) is 0 Å². The van der Waals surface area contributed by atoms with E-state index in [1.807, 2.05) is 35.2 Å². The lowest BCUT2D eigenvalue weighted by atomic mass is 10.1. The fourth-order valence-corrected chi connectivity index (χ4v) is 6.20. The number of piperazine rings is 1. The molecule has 0 atom stereocenters. The lowest BCUT2D eigenvalue weighted by molar-refractivity contribution is 0.325. The molecule has 2 saturated heterocycles. The number of aromatic nitrogens is 1. The van der Waals surface area contributed by atoms with Gasteiger partial charge in [-0.15, -0.1) is 0 Å². The van der Waals surface area contributed by atoms with E-state index in [0.717, 1.165) is 31.6 Å². The minimum atomic E-state index is -0.547. The van der Waals surface area contributed by atoms with E-state index in [9.17, 15) is 4.79 Å². The van der Waals surface area contributed by atoms with Crippen LogP contribution in [0.2, 0.25) is 10.0 Å². The third kappa shape index (κ3) is 5.11. The molecule has 0 bridgehead atoms. The van der Waals surface area contributed by atoms with Crippen LogP contribution in [0.1, 0.15) is 18.4 Å². The topological polar surface area (TPSA) is 31.7 Å². The quantitative estimate of drug-likeness (QED) is 0.275. The molecule has 5 nitrogen and oxygen atoms in total. The van der Waals surface area contributed by atoms with Crippen molar-refractivity contribution in [3.63, 3.8) is 0 Å². The van der Waals surface area contributed by atoms with Crippen molar-refractivity contribution in [3.8, 4) is 5.69 Å². The smallest absolute Gasteiger partial charge is 0.189 e. The van der Waals surface area contributed by atoms with E-state index in [-0.39, 0.29) is 27.3 Å². The molecule has 6 rings (SSSR count). The van der Waals surface area contributed by atoms with Gasteiger partial charge in [-0.25, -0.2) is 8.78 Å². The first kappa shape index (κ1) is 26.1. The molecule has 2 aliphatic heterocycles. The molecule has 3 aromatic carbocycles. The number of fused-ring (bicyclic) bond motifs is 1. The average molecular weight is 569 g/mol. The summed E-state index contributed by atoms with van der Waals surface area (Å²) in [7, 11) is 0. The normalized spacial score (nSPS) is 16.4. The molecule has 0 N–H and O–H groups in total. The molecule has 0 unspecified atom stereocenters. The van der Waals surface area contributed by atoms with Crippen molar-refractivity contribution < 1.29 is 8.78 Å². The molecule has 2 aliphatic rings. The SMILES string of the molecule is O=c1ccn(-c2ccc(CN3CCCC3)c(F)c2)c2c(Cl)c(N3CCN(c4ccc(Cl)cc4)CC3)c(F)cc12. The van der Waals surface area contributed by atoms with Gasteiger partial charge >= 0.3 is 0 Å². The Morgan fingerprint density at radius 1 is 0.744 bits per heavy atom. The highest BCUT2D eigenvalue weighted by atomic mass is 35.5. The van der Waals surface area contributed by atoms with Crippen molar-refractivity contribution in [3.05, 3.63) is 98.3 Å². The first-order valence-electron chi connectivity index (χ1n) is 13.2. The van der Waals surface area contributed by atoms with Gasteiger partial charge in [0.05, 0.1) is 21.6 Å². The number of hydrogen-bond acceptors (Lipinski definition) is 4. The van der Waals surface area contributed by atoms with Gasteiger partial charge in [0.2, 0.25) is 0 Å². The summed E-state index contributed by atoms with van der Waals surface area (Å²) in [6.07, 6.45) is 3.85. The Bertz CT molecular complexity index is 1580. The fraction of sp³-hybridized carbons (Fsp3) is 0.300. The standard InChI is InChI=1S/C30H28Cl2F2N4O/c31-21-4-7-22(8-5-21)36-13-15-37(16-14-36)30-26(34)18-24-27(39)9-12-38(29(24)28(30)32)23-6-3-20(25(33)17-23)19-35-10-1-2-11-35/h3-9,12,17-18H,1-2,10-11,13-16,19H2. The molecule has 0 saturated carbocycles. The van der Waals surface area contributed by atoms with Crippen LogP contribution in [0.5, 0.6) is 0 Å². The zero-order valence-electron chi connectivity index (χ0n) is 21.3. The van der Waals surface area contributed by atoms with Gasteiger partial charge in [-0.1, -0.05) is 29.3 Å². The fourth-order valence-electron chi connectivity index (χ4n) is 5.67. The Hall–Kier alpha value is -3.13. The van der Waals surface area contributed by atoms with E-state index in [1.165, 1.54) is 18.2 Å². The lowest BCUT2D eigenvalue weighted by Crippen LogP contribution is -2.47. The number of likely N-dealkylation sites (tertiary alicyclic amines) is 1. The number of benzene rings is 3. The summed E-state index contributed by atoms with van der Waals surface area (Å²) in [6, 6.07) is 15.3. The molecular formula is C30H28Cl2F2N4O. The number of nitrogens with zero attached hydrogens (tertiary/aromatic N) is 4. The van der Waals surface area contributed by atoms with Crippen LogP contribution < -0.4 is 15.2 Å². The first-order valence-corrected chi connectivity index (χ1v) is 13.9. The lowest BCUT2D eigenvalue weighted by Gasteiger charge is -2.38. The highest BCUT2D eigenvalue weighted by Gasteiger charge is 2.25. The maximum atomic E-state index is 15.5. The van der Waals surface area contributed by atoms with Gasteiger partial charge in [-0.2, -0.15) is 0 Å². The van der Waals surface area contributed by atoms with Crippen molar-refractivity contribution in [1.82, 2.24) is 9.47 Å². The van der Waals surface area contributed by atoms with Gasteiger partial charge in [-0.3, -0.25) is 9.69 Å². The number of rotatable bonds is 5. The minimum Gasteiger partial charge on any atom is -0.368 e. The summed E-state index contributed by atoms with van der Waals surface area (Å²) in [6.45, 7) is 4.94. The van der Waals surface area contributed by atoms with Gasteiger partial charge in [0.1, 0.15) is 11.6 Å². The molecule has 2 fully saturated rings. The molecule has 0 amide bonds. The van der Waals surface area contributed by atoms with Gasteiger partial charge in [0, 0.05) is 66.9 Å². The predicted molar refractivity (Wildman–Crippen MR) is 155 cm³/mol. The van der Waals surface area contributed by atoms with Gasteiger partial charge in [-0.05, 0) is 68.4 Å². The third-order valence-corrected chi connectivity index (χ3v) is 8.35. The summed E-state index contributed by atoms with van der Waals surface area (Å²) in [5.74, 6) is -0.863. The summed E-state index contributed by atoms with van der Waals surface area (Å²) in [5.41, 5.74) is 2.48. The van der Waals surface area contributed by atoms with E-state index in [4.69, 9.17) is 23.2 Å². The van der Waals surface area contributed by atoms with Crippen molar-refractivity contribution in [2.24, 2.45) is 0 Å². The van der Waals surface area contributed by atoms with Crippen LogP contribution in [-0.4, -0.2) is 48.7 Å². The van der Waals surface area contributed by atoms with Crippen LogP contribution in [0.25, 0.3) is 16.6 Å². The maximum absolute atomic E-state index is 15.5. The Kier molecular flexibility index (Phi) is 7.23. The predicted octanol–water partition coefficient (Wildman–Crippen LogP) is 6.50. The molecule has 0 spiro atoms. The second-order valence-corrected chi connectivity index (χ2v) is 11.0. The largest absolute Gasteiger partial charge is 0.368 e. The van der Waals surface area contributed by atoms with Gasteiger partial charge in [0.15, 0.2) is 5.43 Å². The molecule has 1 aromatic heterocycles. The number of anilines is 2. The van der Waals surface area contributed by atoms with Crippen LogP contribution >= 0.6 is 23.2 Å². The van der Waals surface area contributed by atoms with E-state index < -0.39 is 5.82 Å². The zero-order valence-corrected chi connectivity index (χ0v) is 22.9. The molecule has 0 aliphatic carbocycles.